The summed E-state index contributed by atoms with van der Waals surface area (Å²) in [6, 6.07) is 4.41. The molecular formula is C14H23NO5S. The molecule has 0 aliphatic heterocycles. The van der Waals surface area contributed by atoms with Crippen molar-refractivity contribution in [1.29, 1.82) is 0 Å². The molecule has 0 atom stereocenters. The first kappa shape index (κ1) is 17.9. The number of benzene rings is 1. The molecule has 7 heteroatoms. The van der Waals surface area contributed by atoms with Gasteiger partial charge in [-0.05, 0) is 31.5 Å². The molecule has 0 amide bonds. The average molecular weight is 317 g/mol. The van der Waals surface area contributed by atoms with Crippen LogP contribution in [0.15, 0.2) is 23.1 Å². The van der Waals surface area contributed by atoms with Crippen LogP contribution in [-0.4, -0.2) is 51.2 Å². The molecule has 1 N–H and O–H groups in total. The van der Waals surface area contributed by atoms with E-state index >= 15 is 0 Å². The lowest BCUT2D eigenvalue weighted by molar-refractivity contribution is 0.170. The maximum absolute atomic E-state index is 12.8. The molecule has 1 aromatic rings. The number of aliphatic hydroxyl groups is 1. The smallest absolute Gasteiger partial charge is 0.247 e. The first-order chi connectivity index (χ1) is 9.88. The molecule has 0 aliphatic rings. The van der Waals surface area contributed by atoms with Gasteiger partial charge in [-0.25, -0.2) is 8.42 Å². The summed E-state index contributed by atoms with van der Waals surface area (Å²) in [5.41, 5.74) is 0.518. The highest BCUT2D eigenvalue weighted by molar-refractivity contribution is 7.89. The molecule has 0 aromatic heterocycles. The molecule has 1 aromatic carbocycles. The van der Waals surface area contributed by atoms with E-state index in [0.717, 1.165) is 0 Å². The van der Waals surface area contributed by atoms with Gasteiger partial charge in [-0.1, -0.05) is 6.07 Å². The van der Waals surface area contributed by atoms with Crippen LogP contribution in [0.4, 0.5) is 0 Å². The van der Waals surface area contributed by atoms with Crippen LogP contribution in [0.3, 0.4) is 0 Å². The predicted octanol–water partition coefficient (Wildman–Crippen LogP) is 1.23. The molecule has 0 bridgehead atoms. The molecule has 1 rings (SSSR count). The van der Waals surface area contributed by atoms with E-state index in [-0.39, 0.29) is 29.8 Å². The van der Waals surface area contributed by atoms with Crippen LogP contribution in [0.2, 0.25) is 0 Å². The third kappa shape index (κ3) is 4.16. The number of nitrogens with zero attached hydrogens (tertiary/aromatic N) is 1. The van der Waals surface area contributed by atoms with Gasteiger partial charge in [0.25, 0.3) is 0 Å². The van der Waals surface area contributed by atoms with Crippen molar-refractivity contribution >= 4 is 10.0 Å². The lowest BCUT2D eigenvalue weighted by Gasteiger charge is -2.26. The summed E-state index contributed by atoms with van der Waals surface area (Å²) in [6.45, 7) is 3.93. The van der Waals surface area contributed by atoms with Crippen molar-refractivity contribution in [2.45, 2.75) is 31.4 Å². The first-order valence-corrected chi connectivity index (χ1v) is 8.11. The van der Waals surface area contributed by atoms with Crippen molar-refractivity contribution in [1.82, 2.24) is 4.31 Å². The van der Waals surface area contributed by atoms with Crippen LogP contribution in [0, 0.1) is 0 Å². The average Bonchev–Trinajstić information content (AvgIpc) is 2.46. The van der Waals surface area contributed by atoms with Crippen molar-refractivity contribution in [2.24, 2.45) is 0 Å². The standard InChI is InChI=1S/C14H23NO5S/c1-11(2)15(7-8-19-3)21(17,18)14-9-12(10-16)5-6-13(14)20-4/h5-6,9,11,16H,7-8,10H2,1-4H3. The van der Waals surface area contributed by atoms with Crippen LogP contribution in [0.25, 0.3) is 0 Å². The second-order valence-electron chi connectivity index (χ2n) is 4.85. The molecule has 21 heavy (non-hydrogen) atoms. The molecule has 0 spiro atoms. The van der Waals surface area contributed by atoms with E-state index in [9.17, 15) is 13.5 Å². The summed E-state index contributed by atoms with van der Waals surface area (Å²) < 4.78 is 37.2. The normalized spacial score (nSPS) is 12.1. The maximum atomic E-state index is 12.8. The maximum Gasteiger partial charge on any atom is 0.247 e. The minimum Gasteiger partial charge on any atom is -0.495 e. The van der Waals surface area contributed by atoms with Crippen molar-refractivity contribution in [3.05, 3.63) is 23.8 Å². The molecule has 0 unspecified atom stereocenters. The van der Waals surface area contributed by atoms with Crippen LogP contribution in [-0.2, 0) is 21.4 Å². The van der Waals surface area contributed by atoms with E-state index in [1.807, 2.05) is 0 Å². The molecule has 0 fully saturated rings. The third-order valence-corrected chi connectivity index (χ3v) is 5.19. The Hall–Kier alpha value is -1.15. The molecule has 120 valence electrons. The highest BCUT2D eigenvalue weighted by Gasteiger charge is 2.29. The number of sulfonamides is 1. The van der Waals surface area contributed by atoms with Crippen molar-refractivity contribution in [3.63, 3.8) is 0 Å². The summed E-state index contributed by atoms with van der Waals surface area (Å²) in [5, 5.41) is 9.21. The number of methoxy groups -OCH3 is 2. The molecule has 0 saturated heterocycles. The van der Waals surface area contributed by atoms with E-state index in [4.69, 9.17) is 9.47 Å². The Morgan fingerprint density at radius 1 is 1.29 bits per heavy atom. The largest absolute Gasteiger partial charge is 0.495 e. The van der Waals surface area contributed by atoms with E-state index in [1.54, 1.807) is 26.0 Å². The minimum atomic E-state index is -3.73. The Balaban J connectivity index is 3.32. The zero-order chi connectivity index (χ0) is 16.0. The van der Waals surface area contributed by atoms with Crippen LogP contribution >= 0.6 is 0 Å². The van der Waals surface area contributed by atoms with Gasteiger partial charge in [-0.15, -0.1) is 0 Å². The Labute approximate surface area is 126 Å². The van der Waals surface area contributed by atoms with Crippen molar-refractivity contribution in [2.75, 3.05) is 27.4 Å². The number of aliphatic hydroxyl groups excluding tert-OH is 1. The summed E-state index contributed by atoms with van der Waals surface area (Å²) in [5.74, 6) is 0.260. The van der Waals surface area contributed by atoms with Crippen LogP contribution in [0.1, 0.15) is 19.4 Å². The van der Waals surface area contributed by atoms with E-state index in [2.05, 4.69) is 0 Å². The zero-order valence-corrected chi connectivity index (χ0v) is 13.7. The minimum absolute atomic E-state index is 0.0568. The number of ether oxygens (including phenoxy) is 2. The fraction of sp³-hybridized carbons (Fsp3) is 0.571. The summed E-state index contributed by atoms with van der Waals surface area (Å²) in [7, 11) is -0.786. The van der Waals surface area contributed by atoms with E-state index in [1.165, 1.54) is 24.6 Å². The van der Waals surface area contributed by atoms with Gasteiger partial charge in [0.15, 0.2) is 0 Å². The van der Waals surface area contributed by atoms with Crippen molar-refractivity contribution < 1.29 is 23.0 Å². The Bertz CT molecular complexity index is 556. The first-order valence-electron chi connectivity index (χ1n) is 6.67. The Morgan fingerprint density at radius 3 is 2.43 bits per heavy atom. The lowest BCUT2D eigenvalue weighted by atomic mass is 10.2. The van der Waals surface area contributed by atoms with Gasteiger partial charge in [0, 0.05) is 19.7 Å². The highest BCUT2D eigenvalue weighted by Crippen LogP contribution is 2.28. The SMILES string of the molecule is COCCN(C(C)C)S(=O)(=O)c1cc(CO)ccc1OC. The van der Waals surface area contributed by atoms with E-state index < -0.39 is 10.0 Å². The monoisotopic (exact) mass is 317 g/mol. The number of rotatable bonds is 8. The van der Waals surface area contributed by atoms with Gasteiger partial charge in [0.2, 0.25) is 10.0 Å². The molecule has 6 nitrogen and oxygen atoms in total. The van der Waals surface area contributed by atoms with Gasteiger partial charge in [-0.2, -0.15) is 4.31 Å². The van der Waals surface area contributed by atoms with Gasteiger partial charge >= 0.3 is 0 Å². The molecule has 0 radical (unpaired) electrons. The summed E-state index contributed by atoms with van der Waals surface area (Å²) >= 11 is 0. The summed E-state index contributed by atoms with van der Waals surface area (Å²) in [6.07, 6.45) is 0. The van der Waals surface area contributed by atoms with Gasteiger partial charge < -0.3 is 14.6 Å². The zero-order valence-electron chi connectivity index (χ0n) is 12.9. The van der Waals surface area contributed by atoms with Crippen LogP contribution in [0.5, 0.6) is 5.75 Å². The predicted molar refractivity (Wildman–Crippen MR) is 79.8 cm³/mol. The fourth-order valence-electron chi connectivity index (χ4n) is 1.98. The van der Waals surface area contributed by atoms with Gasteiger partial charge in [-0.3, -0.25) is 0 Å². The summed E-state index contributed by atoms with van der Waals surface area (Å²) in [4.78, 5) is 0.0568. The molecule has 0 aliphatic carbocycles. The topological polar surface area (TPSA) is 76.1 Å². The quantitative estimate of drug-likeness (QED) is 0.780. The molecular weight excluding hydrogens is 294 g/mol. The second kappa shape index (κ2) is 7.74. The van der Waals surface area contributed by atoms with E-state index in [0.29, 0.717) is 12.2 Å². The second-order valence-corrected chi connectivity index (χ2v) is 6.70. The van der Waals surface area contributed by atoms with Crippen LogP contribution < -0.4 is 4.74 Å². The van der Waals surface area contributed by atoms with Gasteiger partial charge in [0.1, 0.15) is 10.6 Å². The lowest BCUT2D eigenvalue weighted by Crippen LogP contribution is -2.39. The van der Waals surface area contributed by atoms with Gasteiger partial charge in [0.05, 0.1) is 20.3 Å². The highest BCUT2D eigenvalue weighted by atomic mass is 32.2. The Morgan fingerprint density at radius 2 is 1.95 bits per heavy atom. The van der Waals surface area contributed by atoms with Crippen molar-refractivity contribution in [3.8, 4) is 5.75 Å². The number of hydrogen-bond acceptors (Lipinski definition) is 5. The fourth-order valence-corrected chi connectivity index (χ4v) is 3.81. The third-order valence-electron chi connectivity index (χ3n) is 3.09. The molecule has 0 heterocycles. The molecule has 0 saturated carbocycles. The Kier molecular flexibility index (Phi) is 6.60. The number of hydrogen-bond donors (Lipinski definition) is 1.